The van der Waals surface area contributed by atoms with Crippen molar-refractivity contribution >= 4 is 17.7 Å². The average molecular weight is 237 g/mol. The standard InChI is InChI=1S/C12H15NO4/c1-4-17-11(14)9-5-6-10(8(2)7-9)13-12(15)16-3/h5-7H,4H2,1-3H3,(H,13,15). The Morgan fingerprint density at radius 2 is 2.06 bits per heavy atom. The van der Waals surface area contributed by atoms with E-state index in [2.05, 4.69) is 10.1 Å². The van der Waals surface area contributed by atoms with Gasteiger partial charge in [-0.15, -0.1) is 0 Å². The third kappa shape index (κ3) is 3.48. The van der Waals surface area contributed by atoms with Crippen LogP contribution in [-0.2, 0) is 9.47 Å². The normalized spacial score (nSPS) is 9.59. The van der Waals surface area contributed by atoms with E-state index < -0.39 is 6.09 Å². The van der Waals surface area contributed by atoms with Crippen LogP contribution in [0.4, 0.5) is 10.5 Å². The lowest BCUT2D eigenvalue weighted by Gasteiger charge is -2.08. The summed E-state index contributed by atoms with van der Waals surface area (Å²) in [6.45, 7) is 3.87. The summed E-state index contributed by atoms with van der Waals surface area (Å²) < 4.78 is 9.36. The summed E-state index contributed by atoms with van der Waals surface area (Å²) in [6.07, 6.45) is -0.544. The van der Waals surface area contributed by atoms with Crippen molar-refractivity contribution < 1.29 is 19.1 Å². The Balaban J connectivity index is 2.86. The molecule has 1 aromatic carbocycles. The van der Waals surface area contributed by atoms with Gasteiger partial charge in [-0.25, -0.2) is 9.59 Å². The van der Waals surface area contributed by atoms with E-state index in [0.29, 0.717) is 17.9 Å². The van der Waals surface area contributed by atoms with Crippen molar-refractivity contribution in [1.82, 2.24) is 0 Å². The van der Waals surface area contributed by atoms with E-state index in [0.717, 1.165) is 5.56 Å². The van der Waals surface area contributed by atoms with Gasteiger partial charge >= 0.3 is 12.1 Å². The smallest absolute Gasteiger partial charge is 0.411 e. The summed E-state index contributed by atoms with van der Waals surface area (Å²) in [5.41, 5.74) is 1.82. The van der Waals surface area contributed by atoms with Crippen LogP contribution < -0.4 is 5.32 Å². The Labute approximate surface area is 99.7 Å². The molecule has 0 unspecified atom stereocenters. The van der Waals surface area contributed by atoms with E-state index in [4.69, 9.17) is 4.74 Å². The fourth-order valence-corrected chi connectivity index (χ4v) is 1.31. The highest BCUT2D eigenvalue weighted by Crippen LogP contribution is 2.17. The Morgan fingerprint density at radius 3 is 2.59 bits per heavy atom. The third-order valence-electron chi connectivity index (χ3n) is 2.16. The van der Waals surface area contributed by atoms with Gasteiger partial charge < -0.3 is 9.47 Å². The van der Waals surface area contributed by atoms with Gasteiger partial charge in [-0.3, -0.25) is 5.32 Å². The van der Waals surface area contributed by atoms with Crippen molar-refractivity contribution in [3.63, 3.8) is 0 Å². The lowest BCUT2D eigenvalue weighted by molar-refractivity contribution is 0.0526. The highest BCUT2D eigenvalue weighted by Gasteiger charge is 2.09. The minimum absolute atomic E-state index is 0.333. The van der Waals surface area contributed by atoms with Crippen LogP contribution in [-0.4, -0.2) is 25.8 Å². The molecule has 5 nitrogen and oxygen atoms in total. The van der Waals surface area contributed by atoms with Crippen LogP contribution >= 0.6 is 0 Å². The molecule has 0 aromatic heterocycles. The Bertz CT molecular complexity index is 429. The molecule has 1 rings (SSSR count). The van der Waals surface area contributed by atoms with Gasteiger partial charge in [-0.05, 0) is 37.6 Å². The molecule has 1 aromatic rings. The van der Waals surface area contributed by atoms with E-state index in [1.807, 2.05) is 0 Å². The molecule has 17 heavy (non-hydrogen) atoms. The van der Waals surface area contributed by atoms with Crippen molar-refractivity contribution in [2.24, 2.45) is 0 Å². The second-order valence-corrected chi connectivity index (χ2v) is 3.37. The first kappa shape index (κ1) is 13.0. The van der Waals surface area contributed by atoms with Crippen LogP contribution in [0.25, 0.3) is 0 Å². The molecule has 0 heterocycles. The summed E-state index contributed by atoms with van der Waals surface area (Å²) >= 11 is 0. The number of anilines is 1. The number of methoxy groups -OCH3 is 1. The van der Waals surface area contributed by atoms with Gasteiger partial charge in [-0.2, -0.15) is 0 Å². The second-order valence-electron chi connectivity index (χ2n) is 3.37. The number of carbonyl (C=O) groups excluding carboxylic acids is 2. The zero-order valence-corrected chi connectivity index (χ0v) is 10.1. The number of benzene rings is 1. The summed E-state index contributed by atoms with van der Waals surface area (Å²) in [6, 6.07) is 4.89. The zero-order valence-electron chi connectivity index (χ0n) is 10.1. The molecule has 0 aliphatic carbocycles. The fraction of sp³-hybridized carbons (Fsp3) is 0.333. The lowest BCUT2D eigenvalue weighted by Crippen LogP contribution is -2.12. The molecule has 0 saturated heterocycles. The van der Waals surface area contributed by atoms with Crippen LogP contribution in [0.3, 0.4) is 0 Å². The van der Waals surface area contributed by atoms with Gasteiger partial charge in [-0.1, -0.05) is 0 Å². The van der Waals surface area contributed by atoms with Crippen LogP contribution in [0, 0.1) is 6.92 Å². The predicted molar refractivity (Wildman–Crippen MR) is 63.2 cm³/mol. The molecule has 0 atom stereocenters. The number of esters is 1. The number of rotatable bonds is 3. The van der Waals surface area contributed by atoms with Gasteiger partial charge in [0.05, 0.1) is 19.3 Å². The molecule has 92 valence electrons. The van der Waals surface area contributed by atoms with Crippen LogP contribution in [0.1, 0.15) is 22.8 Å². The molecule has 0 radical (unpaired) electrons. The quantitative estimate of drug-likeness (QED) is 0.819. The molecule has 0 spiro atoms. The molecule has 1 amide bonds. The van der Waals surface area contributed by atoms with Gasteiger partial charge in [0.2, 0.25) is 0 Å². The predicted octanol–water partition coefficient (Wildman–Crippen LogP) is 2.35. The van der Waals surface area contributed by atoms with Crippen molar-refractivity contribution in [2.45, 2.75) is 13.8 Å². The van der Waals surface area contributed by atoms with Crippen LogP contribution in [0.2, 0.25) is 0 Å². The Hall–Kier alpha value is -2.04. The second kappa shape index (κ2) is 5.89. The number of carbonyl (C=O) groups is 2. The first-order chi connectivity index (χ1) is 8.08. The Kier molecular flexibility index (Phi) is 4.51. The minimum atomic E-state index is -0.544. The zero-order chi connectivity index (χ0) is 12.8. The van der Waals surface area contributed by atoms with E-state index in [-0.39, 0.29) is 5.97 Å². The number of amides is 1. The van der Waals surface area contributed by atoms with E-state index in [1.54, 1.807) is 32.0 Å². The van der Waals surface area contributed by atoms with Gasteiger partial charge in [0.1, 0.15) is 0 Å². The molecular weight excluding hydrogens is 222 g/mol. The minimum Gasteiger partial charge on any atom is -0.462 e. The lowest BCUT2D eigenvalue weighted by atomic mass is 10.1. The van der Waals surface area contributed by atoms with Crippen molar-refractivity contribution in [2.75, 3.05) is 19.0 Å². The number of hydrogen-bond donors (Lipinski definition) is 1. The molecule has 5 heteroatoms. The maximum Gasteiger partial charge on any atom is 0.411 e. The first-order valence-electron chi connectivity index (χ1n) is 5.21. The van der Waals surface area contributed by atoms with Crippen LogP contribution in [0.15, 0.2) is 18.2 Å². The SMILES string of the molecule is CCOC(=O)c1ccc(NC(=O)OC)c(C)c1. The highest BCUT2D eigenvalue weighted by molar-refractivity contribution is 5.91. The summed E-state index contributed by atoms with van der Waals surface area (Å²) in [5.74, 6) is -0.375. The van der Waals surface area contributed by atoms with Crippen molar-refractivity contribution in [1.29, 1.82) is 0 Å². The van der Waals surface area contributed by atoms with Crippen molar-refractivity contribution in [3.05, 3.63) is 29.3 Å². The van der Waals surface area contributed by atoms with Gasteiger partial charge in [0, 0.05) is 5.69 Å². The Morgan fingerprint density at radius 1 is 1.35 bits per heavy atom. The molecule has 0 aliphatic rings. The maximum atomic E-state index is 11.5. The molecule has 1 N–H and O–H groups in total. The highest BCUT2D eigenvalue weighted by atomic mass is 16.5. The fourth-order valence-electron chi connectivity index (χ4n) is 1.31. The van der Waals surface area contributed by atoms with E-state index in [9.17, 15) is 9.59 Å². The van der Waals surface area contributed by atoms with Gasteiger partial charge in [0.15, 0.2) is 0 Å². The van der Waals surface area contributed by atoms with E-state index >= 15 is 0 Å². The maximum absolute atomic E-state index is 11.5. The number of aryl methyl sites for hydroxylation is 1. The molecule has 0 aliphatic heterocycles. The third-order valence-corrected chi connectivity index (χ3v) is 2.16. The molecule has 0 fully saturated rings. The number of hydrogen-bond acceptors (Lipinski definition) is 4. The van der Waals surface area contributed by atoms with Crippen LogP contribution in [0.5, 0.6) is 0 Å². The summed E-state index contributed by atoms with van der Waals surface area (Å²) in [5, 5.41) is 2.54. The summed E-state index contributed by atoms with van der Waals surface area (Å²) in [7, 11) is 1.29. The summed E-state index contributed by atoms with van der Waals surface area (Å²) in [4.78, 5) is 22.5. The number of ether oxygens (including phenoxy) is 2. The first-order valence-corrected chi connectivity index (χ1v) is 5.21. The average Bonchev–Trinajstić information content (AvgIpc) is 2.31. The monoisotopic (exact) mass is 237 g/mol. The van der Waals surface area contributed by atoms with E-state index in [1.165, 1.54) is 7.11 Å². The van der Waals surface area contributed by atoms with Crippen molar-refractivity contribution in [3.8, 4) is 0 Å². The molecular formula is C12H15NO4. The van der Waals surface area contributed by atoms with Gasteiger partial charge in [0.25, 0.3) is 0 Å². The number of nitrogens with one attached hydrogen (secondary N) is 1. The topological polar surface area (TPSA) is 64.6 Å². The largest absolute Gasteiger partial charge is 0.462 e. The molecule has 0 bridgehead atoms. The molecule has 0 saturated carbocycles.